The zero-order valence-electron chi connectivity index (χ0n) is 10.3. The molecule has 1 aromatic heterocycles. The first-order chi connectivity index (χ1) is 8.58. The SMILES string of the molecule is CC(C)C(Nc1ccc(I)c(Br)c1)c1cccs1. The Bertz CT molecular complexity index is 511. The number of hydrogen-bond acceptors (Lipinski definition) is 2. The molecule has 1 aromatic carbocycles. The molecule has 0 bridgehead atoms. The van der Waals surface area contributed by atoms with Gasteiger partial charge in [-0.05, 0) is 74.1 Å². The van der Waals surface area contributed by atoms with E-state index in [-0.39, 0.29) is 0 Å². The molecule has 0 aliphatic heterocycles. The third kappa shape index (κ3) is 3.48. The molecule has 0 spiro atoms. The van der Waals surface area contributed by atoms with Gasteiger partial charge in [-0.2, -0.15) is 0 Å². The van der Waals surface area contributed by atoms with E-state index in [0.717, 1.165) is 10.2 Å². The van der Waals surface area contributed by atoms with Crippen LogP contribution < -0.4 is 5.32 Å². The Labute approximate surface area is 134 Å². The molecule has 18 heavy (non-hydrogen) atoms. The van der Waals surface area contributed by atoms with Crippen LogP contribution in [0, 0.1) is 9.49 Å². The average Bonchev–Trinajstić information content (AvgIpc) is 2.83. The molecular formula is C14H15BrINS. The molecule has 0 saturated heterocycles. The van der Waals surface area contributed by atoms with Crippen LogP contribution in [-0.4, -0.2) is 0 Å². The van der Waals surface area contributed by atoms with Crippen LogP contribution in [0.4, 0.5) is 5.69 Å². The van der Waals surface area contributed by atoms with Crippen molar-refractivity contribution in [3.05, 3.63) is 48.6 Å². The number of thiophene rings is 1. The third-order valence-electron chi connectivity index (χ3n) is 2.76. The van der Waals surface area contributed by atoms with Crippen LogP contribution in [0.5, 0.6) is 0 Å². The lowest BCUT2D eigenvalue weighted by Gasteiger charge is -2.22. The summed E-state index contributed by atoms with van der Waals surface area (Å²) in [7, 11) is 0. The van der Waals surface area contributed by atoms with Crippen molar-refractivity contribution >= 4 is 55.5 Å². The van der Waals surface area contributed by atoms with E-state index in [1.54, 1.807) is 0 Å². The quantitative estimate of drug-likeness (QED) is 0.587. The summed E-state index contributed by atoms with van der Waals surface area (Å²) in [5, 5.41) is 5.76. The molecule has 1 unspecified atom stereocenters. The molecule has 0 saturated carbocycles. The minimum atomic E-state index is 0.372. The predicted molar refractivity (Wildman–Crippen MR) is 92.4 cm³/mol. The van der Waals surface area contributed by atoms with E-state index in [4.69, 9.17) is 0 Å². The van der Waals surface area contributed by atoms with Crippen molar-refractivity contribution in [2.45, 2.75) is 19.9 Å². The van der Waals surface area contributed by atoms with Crippen molar-refractivity contribution in [3.8, 4) is 0 Å². The van der Waals surface area contributed by atoms with E-state index in [1.165, 1.54) is 8.45 Å². The highest BCUT2D eigenvalue weighted by Gasteiger charge is 2.16. The molecule has 2 aromatic rings. The van der Waals surface area contributed by atoms with Gasteiger partial charge in [0.05, 0.1) is 6.04 Å². The predicted octanol–water partition coefficient (Wildman–Crippen LogP) is 5.92. The van der Waals surface area contributed by atoms with E-state index in [2.05, 4.69) is 93.4 Å². The highest BCUT2D eigenvalue weighted by atomic mass is 127. The minimum Gasteiger partial charge on any atom is -0.377 e. The Hall–Kier alpha value is -0.0700. The third-order valence-corrected chi connectivity index (χ3v) is 6.05. The average molecular weight is 436 g/mol. The number of nitrogens with one attached hydrogen (secondary N) is 1. The molecular weight excluding hydrogens is 421 g/mol. The van der Waals surface area contributed by atoms with E-state index in [1.807, 2.05) is 11.3 Å². The van der Waals surface area contributed by atoms with Gasteiger partial charge in [-0.25, -0.2) is 0 Å². The standard InChI is InChI=1S/C14H15BrINS/c1-9(2)14(13-4-3-7-18-13)17-10-5-6-12(16)11(15)8-10/h3-9,14,17H,1-2H3. The maximum Gasteiger partial charge on any atom is 0.0629 e. The van der Waals surface area contributed by atoms with Crippen LogP contribution in [0.1, 0.15) is 24.8 Å². The smallest absolute Gasteiger partial charge is 0.0629 e. The maximum atomic E-state index is 3.63. The van der Waals surface area contributed by atoms with Crippen molar-refractivity contribution in [1.82, 2.24) is 0 Å². The first-order valence-corrected chi connectivity index (χ1v) is 8.58. The molecule has 0 radical (unpaired) electrons. The summed E-state index contributed by atoms with van der Waals surface area (Å²) < 4.78 is 2.37. The maximum absolute atomic E-state index is 3.63. The van der Waals surface area contributed by atoms with Gasteiger partial charge in [-0.15, -0.1) is 11.3 Å². The van der Waals surface area contributed by atoms with Crippen LogP contribution >= 0.6 is 49.9 Å². The highest BCUT2D eigenvalue weighted by Crippen LogP contribution is 2.31. The fraction of sp³-hybridized carbons (Fsp3) is 0.286. The first kappa shape index (κ1) is 14.3. The number of halogens is 2. The molecule has 0 amide bonds. The highest BCUT2D eigenvalue weighted by molar-refractivity contribution is 14.1. The van der Waals surface area contributed by atoms with Gasteiger partial charge in [0.25, 0.3) is 0 Å². The second-order valence-electron chi connectivity index (χ2n) is 4.51. The Morgan fingerprint density at radius 3 is 2.61 bits per heavy atom. The molecule has 0 fully saturated rings. The summed E-state index contributed by atoms with van der Waals surface area (Å²) in [5.74, 6) is 0.557. The topological polar surface area (TPSA) is 12.0 Å². The minimum absolute atomic E-state index is 0.372. The second-order valence-corrected chi connectivity index (χ2v) is 7.51. The number of benzene rings is 1. The summed E-state index contributed by atoms with van der Waals surface area (Å²) in [6.45, 7) is 4.50. The molecule has 96 valence electrons. The molecule has 0 aliphatic rings. The van der Waals surface area contributed by atoms with Gasteiger partial charge < -0.3 is 5.32 Å². The van der Waals surface area contributed by atoms with Gasteiger partial charge >= 0.3 is 0 Å². The van der Waals surface area contributed by atoms with Crippen molar-refractivity contribution in [2.75, 3.05) is 5.32 Å². The summed E-state index contributed by atoms with van der Waals surface area (Å²) in [6.07, 6.45) is 0. The zero-order valence-corrected chi connectivity index (χ0v) is 14.8. The van der Waals surface area contributed by atoms with Gasteiger partial charge in [-0.1, -0.05) is 19.9 Å². The normalized spacial score (nSPS) is 12.7. The lowest BCUT2D eigenvalue weighted by atomic mass is 10.0. The molecule has 4 heteroatoms. The number of rotatable bonds is 4. The molecule has 0 aliphatic carbocycles. The van der Waals surface area contributed by atoms with E-state index >= 15 is 0 Å². The van der Waals surface area contributed by atoms with Crippen molar-refractivity contribution in [1.29, 1.82) is 0 Å². The fourth-order valence-electron chi connectivity index (χ4n) is 1.80. The van der Waals surface area contributed by atoms with Crippen molar-refractivity contribution in [2.24, 2.45) is 5.92 Å². The monoisotopic (exact) mass is 435 g/mol. The Balaban J connectivity index is 2.21. The number of hydrogen-bond donors (Lipinski definition) is 1. The lowest BCUT2D eigenvalue weighted by molar-refractivity contribution is 0.554. The first-order valence-electron chi connectivity index (χ1n) is 5.83. The van der Waals surface area contributed by atoms with Crippen LogP contribution in [0.25, 0.3) is 0 Å². The Morgan fingerprint density at radius 1 is 1.28 bits per heavy atom. The molecule has 2 rings (SSSR count). The number of anilines is 1. The van der Waals surface area contributed by atoms with E-state index < -0.39 is 0 Å². The van der Waals surface area contributed by atoms with Gasteiger partial charge in [0.2, 0.25) is 0 Å². The Morgan fingerprint density at radius 2 is 2.06 bits per heavy atom. The summed E-state index contributed by atoms with van der Waals surface area (Å²) >= 11 is 7.71. The van der Waals surface area contributed by atoms with E-state index in [9.17, 15) is 0 Å². The molecule has 1 atom stereocenters. The molecule has 1 N–H and O–H groups in total. The zero-order chi connectivity index (χ0) is 13.1. The summed E-state index contributed by atoms with van der Waals surface area (Å²) in [4.78, 5) is 1.39. The largest absolute Gasteiger partial charge is 0.377 e. The van der Waals surface area contributed by atoms with Crippen LogP contribution in [0.2, 0.25) is 0 Å². The van der Waals surface area contributed by atoms with E-state index in [0.29, 0.717) is 12.0 Å². The van der Waals surface area contributed by atoms with Gasteiger partial charge in [0.1, 0.15) is 0 Å². The van der Waals surface area contributed by atoms with Crippen LogP contribution in [0.15, 0.2) is 40.2 Å². The summed E-state index contributed by atoms with van der Waals surface area (Å²) in [6, 6.07) is 11.1. The van der Waals surface area contributed by atoms with Crippen LogP contribution in [-0.2, 0) is 0 Å². The van der Waals surface area contributed by atoms with Gasteiger partial charge in [-0.3, -0.25) is 0 Å². The second kappa shape index (κ2) is 6.39. The van der Waals surface area contributed by atoms with Gasteiger partial charge in [0, 0.05) is 18.6 Å². The Kier molecular flexibility index (Phi) is 5.09. The van der Waals surface area contributed by atoms with Crippen molar-refractivity contribution < 1.29 is 0 Å². The lowest BCUT2D eigenvalue weighted by Crippen LogP contribution is -2.15. The van der Waals surface area contributed by atoms with Crippen LogP contribution in [0.3, 0.4) is 0 Å². The summed E-state index contributed by atoms with van der Waals surface area (Å²) in [5.41, 5.74) is 1.16. The fourth-order valence-corrected chi connectivity index (χ4v) is 3.46. The van der Waals surface area contributed by atoms with Crippen molar-refractivity contribution in [3.63, 3.8) is 0 Å². The molecule has 1 heterocycles. The molecule has 1 nitrogen and oxygen atoms in total. The van der Waals surface area contributed by atoms with Gasteiger partial charge in [0.15, 0.2) is 0 Å².